The van der Waals surface area contributed by atoms with Crippen molar-refractivity contribution >= 4 is 46.6 Å². The largest absolute Gasteiger partial charge is 0.352 e. The molecule has 2 unspecified atom stereocenters. The van der Waals surface area contributed by atoms with Gasteiger partial charge in [0.15, 0.2) is 0 Å². The van der Waals surface area contributed by atoms with E-state index >= 15 is 0 Å². The van der Waals surface area contributed by atoms with Gasteiger partial charge in [0, 0.05) is 23.2 Å². The maximum atomic E-state index is 14.3. The van der Waals surface area contributed by atoms with Crippen LogP contribution in [0.5, 0.6) is 0 Å². The van der Waals surface area contributed by atoms with Gasteiger partial charge in [-0.05, 0) is 49.6 Å². The summed E-state index contributed by atoms with van der Waals surface area (Å²) < 4.78 is 14.3. The predicted molar refractivity (Wildman–Crippen MR) is 124 cm³/mol. The third kappa shape index (κ3) is 6.83. The molecule has 31 heavy (non-hydrogen) atoms. The zero-order valence-corrected chi connectivity index (χ0v) is 20.0. The summed E-state index contributed by atoms with van der Waals surface area (Å²) in [5.74, 6) is -1.23. The second kappa shape index (κ2) is 11.7. The van der Waals surface area contributed by atoms with E-state index in [0.717, 1.165) is 6.42 Å². The number of halogens is 4. The van der Waals surface area contributed by atoms with Crippen LogP contribution >= 0.6 is 34.8 Å². The van der Waals surface area contributed by atoms with Crippen molar-refractivity contribution in [1.29, 1.82) is 0 Å². The van der Waals surface area contributed by atoms with E-state index in [0.29, 0.717) is 22.0 Å². The smallest absolute Gasteiger partial charge is 0.243 e. The van der Waals surface area contributed by atoms with Crippen LogP contribution in [0.4, 0.5) is 4.39 Å². The topological polar surface area (TPSA) is 49.4 Å². The van der Waals surface area contributed by atoms with E-state index in [1.807, 2.05) is 20.8 Å². The minimum Gasteiger partial charge on any atom is -0.352 e. The Morgan fingerprint density at radius 2 is 1.74 bits per heavy atom. The number of carbonyl (C=O) groups excluding carboxylic acids is 2. The lowest BCUT2D eigenvalue weighted by Gasteiger charge is -2.31. The van der Waals surface area contributed by atoms with Gasteiger partial charge in [0.25, 0.3) is 0 Å². The number of nitrogens with one attached hydrogen (secondary N) is 1. The molecule has 2 atom stereocenters. The molecule has 168 valence electrons. The summed E-state index contributed by atoms with van der Waals surface area (Å²) in [6.45, 7) is 5.81. The van der Waals surface area contributed by atoms with Gasteiger partial charge in [0.1, 0.15) is 11.9 Å². The highest BCUT2D eigenvalue weighted by Crippen LogP contribution is 2.25. The van der Waals surface area contributed by atoms with Gasteiger partial charge in [0.05, 0.1) is 16.5 Å². The molecule has 0 aliphatic rings. The third-order valence-corrected chi connectivity index (χ3v) is 6.21. The Morgan fingerprint density at radius 3 is 2.32 bits per heavy atom. The lowest BCUT2D eigenvalue weighted by Crippen LogP contribution is -2.51. The quantitative estimate of drug-likeness (QED) is 0.468. The molecule has 0 heterocycles. The number of hydrogen-bond acceptors (Lipinski definition) is 2. The third-order valence-electron chi connectivity index (χ3n) is 5.11. The summed E-state index contributed by atoms with van der Waals surface area (Å²) in [7, 11) is 0. The summed E-state index contributed by atoms with van der Waals surface area (Å²) in [6, 6.07) is 8.52. The molecule has 0 saturated heterocycles. The van der Waals surface area contributed by atoms with E-state index in [-0.39, 0.29) is 35.5 Å². The fourth-order valence-corrected chi connectivity index (χ4v) is 3.70. The number of hydrogen-bond donors (Lipinski definition) is 1. The summed E-state index contributed by atoms with van der Waals surface area (Å²) in [6.07, 6.45) is 0.883. The van der Waals surface area contributed by atoms with E-state index in [4.69, 9.17) is 34.8 Å². The fourth-order valence-electron chi connectivity index (χ4n) is 3.15. The maximum absolute atomic E-state index is 14.3. The van der Waals surface area contributed by atoms with Crippen molar-refractivity contribution in [1.82, 2.24) is 10.2 Å². The molecule has 0 saturated carbocycles. The second-order valence-electron chi connectivity index (χ2n) is 7.39. The summed E-state index contributed by atoms with van der Waals surface area (Å²) in [5.41, 5.74) is 0.808. The first kappa shape index (κ1) is 25.4. The molecule has 0 bridgehead atoms. The first-order chi connectivity index (χ1) is 14.7. The highest BCUT2D eigenvalue weighted by Gasteiger charge is 2.30. The Kier molecular flexibility index (Phi) is 9.60. The van der Waals surface area contributed by atoms with E-state index in [9.17, 15) is 14.0 Å². The van der Waals surface area contributed by atoms with E-state index in [1.54, 1.807) is 18.2 Å². The molecule has 0 aliphatic heterocycles. The van der Waals surface area contributed by atoms with Crippen molar-refractivity contribution in [2.24, 2.45) is 0 Å². The van der Waals surface area contributed by atoms with Crippen molar-refractivity contribution in [3.8, 4) is 0 Å². The number of benzene rings is 2. The Morgan fingerprint density at radius 1 is 1.03 bits per heavy atom. The molecule has 4 nitrogen and oxygen atoms in total. The van der Waals surface area contributed by atoms with Crippen LogP contribution in [0.25, 0.3) is 0 Å². The van der Waals surface area contributed by atoms with E-state index < -0.39 is 17.8 Å². The SMILES string of the molecule is CCC(C)NC(=O)C(CC)N(Cc1ccc(Cl)c(Cl)c1)C(=O)Cc1c(F)cccc1Cl. The molecule has 0 fully saturated rings. The lowest BCUT2D eigenvalue weighted by molar-refractivity contribution is -0.141. The molecule has 0 radical (unpaired) electrons. The number of nitrogens with zero attached hydrogens (tertiary/aromatic N) is 1. The first-order valence-corrected chi connectivity index (χ1v) is 11.3. The van der Waals surface area contributed by atoms with E-state index in [2.05, 4.69) is 5.32 Å². The van der Waals surface area contributed by atoms with Gasteiger partial charge in [-0.15, -0.1) is 0 Å². The highest BCUT2D eigenvalue weighted by atomic mass is 35.5. The van der Waals surface area contributed by atoms with Crippen LogP contribution in [0.2, 0.25) is 15.1 Å². The monoisotopic (exact) mass is 486 g/mol. The standard InChI is InChI=1S/C23H26Cl3FN2O2/c1-4-14(3)28-23(31)21(5-2)29(13-15-9-10-18(25)19(26)11-15)22(30)12-16-17(24)7-6-8-20(16)27/h6-11,14,21H,4-5,12-13H2,1-3H3,(H,28,31). The molecule has 0 aliphatic carbocycles. The maximum Gasteiger partial charge on any atom is 0.243 e. The average Bonchev–Trinajstić information content (AvgIpc) is 2.73. The van der Waals surface area contributed by atoms with Gasteiger partial charge >= 0.3 is 0 Å². The molecule has 0 spiro atoms. The van der Waals surface area contributed by atoms with Crippen LogP contribution in [0.15, 0.2) is 36.4 Å². The number of amides is 2. The molecular weight excluding hydrogens is 462 g/mol. The lowest BCUT2D eigenvalue weighted by atomic mass is 10.1. The van der Waals surface area contributed by atoms with Gasteiger partial charge in [-0.1, -0.05) is 60.8 Å². The van der Waals surface area contributed by atoms with Gasteiger partial charge < -0.3 is 10.2 Å². The van der Waals surface area contributed by atoms with Crippen molar-refractivity contribution < 1.29 is 14.0 Å². The van der Waals surface area contributed by atoms with Gasteiger partial charge in [-0.3, -0.25) is 9.59 Å². The number of rotatable bonds is 9. The number of carbonyl (C=O) groups is 2. The Bertz CT molecular complexity index is 919. The van der Waals surface area contributed by atoms with Crippen LogP contribution in [-0.2, 0) is 22.6 Å². The van der Waals surface area contributed by atoms with E-state index in [1.165, 1.54) is 23.1 Å². The van der Waals surface area contributed by atoms with Gasteiger partial charge in [-0.2, -0.15) is 0 Å². The fraction of sp³-hybridized carbons (Fsp3) is 0.391. The van der Waals surface area contributed by atoms with Crippen LogP contribution in [0, 0.1) is 5.82 Å². The molecule has 8 heteroatoms. The second-order valence-corrected chi connectivity index (χ2v) is 8.61. The van der Waals surface area contributed by atoms with Crippen LogP contribution in [0.3, 0.4) is 0 Å². The molecule has 2 amide bonds. The van der Waals surface area contributed by atoms with Crippen molar-refractivity contribution in [3.05, 3.63) is 68.4 Å². The van der Waals surface area contributed by atoms with Crippen LogP contribution in [0.1, 0.15) is 44.7 Å². The zero-order valence-electron chi connectivity index (χ0n) is 17.7. The normalized spacial score (nSPS) is 12.9. The molecule has 2 rings (SSSR count). The molecule has 2 aromatic carbocycles. The minimum absolute atomic E-state index is 0.0375. The van der Waals surface area contributed by atoms with Crippen molar-refractivity contribution in [2.45, 2.75) is 58.7 Å². The zero-order chi connectivity index (χ0) is 23.1. The van der Waals surface area contributed by atoms with Crippen LogP contribution in [-0.4, -0.2) is 28.8 Å². The Hall–Kier alpha value is -1.82. The molecule has 0 aromatic heterocycles. The van der Waals surface area contributed by atoms with Crippen molar-refractivity contribution in [3.63, 3.8) is 0 Å². The summed E-state index contributed by atoms with van der Waals surface area (Å²) in [5, 5.41) is 3.83. The molecular formula is C23H26Cl3FN2O2. The summed E-state index contributed by atoms with van der Waals surface area (Å²) in [4.78, 5) is 27.7. The molecule has 1 N–H and O–H groups in total. The van der Waals surface area contributed by atoms with Crippen LogP contribution < -0.4 is 5.32 Å². The Labute approximate surface area is 197 Å². The van der Waals surface area contributed by atoms with Crippen molar-refractivity contribution in [2.75, 3.05) is 0 Å². The first-order valence-electron chi connectivity index (χ1n) is 10.1. The Balaban J connectivity index is 2.38. The average molecular weight is 488 g/mol. The predicted octanol–water partition coefficient (Wildman–Crippen LogP) is 6.05. The van der Waals surface area contributed by atoms with Gasteiger partial charge in [-0.25, -0.2) is 4.39 Å². The highest BCUT2D eigenvalue weighted by molar-refractivity contribution is 6.42. The molecule has 2 aromatic rings. The summed E-state index contributed by atoms with van der Waals surface area (Å²) >= 11 is 18.3. The minimum atomic E-state index is -0.735. The van der Waals surface area contributed by atoms with Gasteiger partial charge in [0.2, 0.25) is 11.8 Å².